The van der Waals surface area contributed by atoms with Crippen molar-refractivity contribution in [2.24, 2.45) is 0 Å². The first-order valence-corrected chi connectivity index (χ1v) is 4.64. The maximum atomic E-state index is 10.3. The summed E-state index contributed by atoms with van der Waals surface area (Å²) in [6.45, 7) is 0.426. The number of benzene rings is 1. The number of anilines is 1. The number of carboxylic acid groups (broad SMARTS) is 1. The topological polar surface area (TPSA) is 78.0 Å². The predicted octanol–water partition coefficient (Wildman–Crippen LogP) is 1.45. The van der Waals surface area contributed by atoms with Gasteiger partial charge in [0.25, 0.3) is 0 Å². The Balaban J connectivity index is 2.04. The molecule has 0 spiro atoms. The van der Waals surface area contributed by atoms with Gasteiger partial charge >= 0.3 is 5.97 Å². The van der Waals surface area contributed by atoms with Crippen LogP contribution in [0.1, 0.15) is 6.42 Å². The normalized spacial score (nSPS) is 10.4. The van der Waals surface area contributed by atoms with Crippen LogP contribution < -0.4 is 5.32 Å². The molecule has 5 heteroatoms. The van der Waals surface area contributed by atoms with Gasteiger partial charge in [0.1, 0.15) is 0 Å². The number of aromatic amines is 1. The average molecular weight is 205 g/mol. The molecule has 0 radical (unpaired) electrons. The van der Waals surface area contributed by atoms with E-state index in [1.165, 1.54) is 0 Å². The lowest BCUT2D eigenvalue weighted by Crippen LogP contribution is -2.07. The average Bonchev–Trinajstić information content (AvgIpc) is 2.64. The van der Waals surface area contributed by atoms with Crippen molar-refractivity contribution in [3.05, 3.63) is 24.5 Å². The molecule has 0 aliphatic carbocycles. The van der Waals surface area contributed by atoms with Crippen LogP contribution in [0.15, 0.2) is 24.5 Å². The minimum atomic E-state index is -0.801. The van der Waals surface area contributed by atoms with Gasteiger partial charge in [-0.25, -0.2) is 4.98 Å². The van der Waals surface area contributed by atoms with Gasteiger partial charge < -0.3 is 15.4 Å². The first kappa shape index (κ1) is 9.51. The van der Waals surface area contributed by atoms with Crippen LogP contribution in [0.3, 0.4) is 0 Å². The molecule has 0 amide bonds. The van der Waals surface area contributed by atoms with E-state index in [0.717, 1.165) is 16.7 Å². The molecule has 78 valence electrons. The Morgan fingerprint density at radius 1 is 1.53 bits per heavy atom. The Kier molecular flexibility index (Phi) is 2.53. The lowest BCUT2D eigenvalue weighted by atomic mass is 10.2. The van der Waals surface area contributed by atoms with Crippen LogP contribution >= 0.6 is 0 Å². The molecule has 1 heterocycles. The number of imidazole rings is 1. The molecule has 2 aromatic rings. The van der Waals surface area contributed by atoms with Crippen LogP contribution in [0.5, 0.6) is 0 Å². The summed E-state index contributed by atoms with van der Waals surface area (Å²) in [6, 6.07) is 5.67. The summed E-state index contributed by atoms with van der Waals surface area (Å²) in [4.78, 5) is 17.4. The van der Waals surface area contributed by atoms with E-state index in [1.807, 2.05) is 18.2 Å². The van der Waals surface area contributed by atoms with E-state index in [4.69, 9.17) is 5.11 Å². The molecule has 0 bridgehead atoms. The fraction of sp³-hybridized carbons (Fsp3) is 0.200. The zero-order valence-corrected chi connectivity index (χ0v) is 8.03. The second kappa shape index (κ2) is 4.00. The van der Waals surface area contributed by atoms with Crippen molar-refractivity contribution in [1.29, 1.82) is 0 Å². The Morgan fingerprint density at radius 2 is 2.40 bits per heavy atom. The number of aromatic nitrogens is 2. The maximum Gasteiger partial charge on any atom is 0.305 e. The number of hydrogen-bond donors (Lipinski definition) is 3. The van der Waals surface area contributed by atoms with Crippen LogP contribution in [-0.2, 0) is 4.79 Å². The molecule has 0 fully saturated rings. The van der Waals surface area contributed by atoms with Crippen molar-refractivity contribution >= 4 is 22.7 Å². The second-order valence-electron chi connectivity index (χ2n) is 3.20. The van der Waals surface area contributed by atoms with Crippen molar-refractivity contribution in [1.82, 2.24) is 9.97 Å². The molecular weight excluding hydrogens is 194 g/mol. The Labute approximate surface area is 86.1 Å². The number of hydrogen-bond acceptors (Lipinski definition) is 3. The standard InChI is InChI=1S/C10H11N3O2/c14-10(15)3-4-11-7-1-2-8-9(5-7)13-6-12-8/h1-2,5-6,11H,3-4H2,(H,12,13)(H,14,15). The summed E-state index contributed by atoms with van der Waals surface area (Å²) in [5.74, 6) is -0.801. The van der Waals surface area contributed by atoms with Gasteiger partial charge in [-0.05, 0) is 18.2 Å². The predicted molar refractivity (Wildman–Crippen MR) is 56.8 cm³/mol. The molecule has 0 aliphatic rings. The van der Waals surface area contributed by atoms with Gasteiger partial charge in [0, 0.05) is 12.2 Å². The van der Waals surface area contributed by atoms with Crippen molar-refractivity contribution < 1.29 is 9.90 Å². The third-order valence-electron chi connectivity index (χ3n) is 2.09. The zero-order valence-electron chi connectivity index (χ0n) is 8.03. The summed E-state index contributed by atoms with van der Waals surface area (Å²) in [6.07, 6.45) is 1.74. The summed E-state index contributed by atoms with van der Waals surface area (Å²) in [5, 5.41) is 11.5. The molecule has 0 saturated carbocycles. The number of aliphatic carboxylic acids is 1. The molecule has 0 unspecified atom stereocenters. The van der Waals surface area contributed by atoms with Crippen molar-refractivity contribution in [3.63, 3.8) is 0 Å². The Morgan fingerprint density at radius 3 is 3.20 bits per heavy atom. The highest BCUT2D eigenvalue weighted by Crippen LogP contribution is 2.15. The summed E-state index contributed by atoms with van der Waals surface area (Å²) in [7, 11) is 0. The molecule has 2 rings (SSSR count). The highest BCUT2D eigenvalue weighted by atomic mass is 16.4. The van der Waals surface area contributed by atoms with Crippen molar-refractivity contribution in [2.45, 2.75) is 6.42 Å². The molecule has 5 nitrogen and oxygen atoms in total. The van der Waals surface area contributed by atoms with Crippen LogP contribution in [0.25, 0.3) is 11.0 Å². The van der Waals surface area contributed by atoms with E-state index in [-0.39, 0.29) is 6.42 Å². The van der Waals surface area contributed by atoms with E-state index < -0.39 is 5.97 Å². The van der Waals surface area contributed by atoms with Gasteiger partial charge in [0.05, 0.1) is 23.8 Å². The number of nitrogens with one attached hydrogen (secondary N) is 2. The lowest BCUT2D eigenvalue weighted by molar-refractivity contribution is -0.136. The number of fused-ring (bicyclic) bond motifs is 1. The number of H-pyrrole nitrogens is 1. The van der Waals surface area contributed by atoms with Gasteiger partial charge in [-0.1, -0.05) is 0 Å². The minimum absolute atomic E-state index is 0.112. The lowest BCUT2D eigenvalue weighted by Gasteiger charge is -2.03. The monoisotopic (exact) mass is 205 g/mol. The highest BCUT2D eigenvalue weighted by Gasteiger charge is 1.99. The Bertz CT molecular complexity index is 478. The largest absolute Gasteiger partial charge is 0.481 e. The van der Waals surface area contributed by atoms with E-state index in [9.17, 15) is 4.79 Å². The van der Waals surface area contributed by atoms with Crippen LogP contribution in [-0.4, -0.2) is 27.6 Å². The van der Waals surface area contributed by atoms with Crippen LogP contribution in [0.4, 0.5) is 5.69 Å². The molecule has 0 aliphatic heterocycles. The third kappa shape index (κ3) is 2.25. The van der Waals surface area contributed by atoms with Crippen LogP contribution in [0, 0.1) is 0 Å². The number of carboxylic acids is 1. The van der Waals surface area contributed by atoms with Gasteiger partial charge in [0.2, 0.25) is 0 Å². The number of carbonyl (C=O) groups is 1. The summed E-state index contributed by atoms with van der Waals surface area (Å²) < 4.78 is 0. The zero-order chi connectivity index (χ0) is 10.7. The van der Waals surface area contributed by atoms with E-state index in [0.29, 0.717) is 6.54 Å². The van der Waals surface area contributed by atoms with E-state index >= 15 is 0 Å². The van der Waals surface area contributed by atoms with Crippen molar-refractivity contribution in [2.75, 3.05) is 11.9 Å². The molecule has 1 aromatic heterocycles. The summed E-state index contributed by atoms with van der Waals surface area (Å²) in [5.41, 5.74) is 2.74. The quantitative estimate of drug-likeness (QED) is 0.705. The molecule has 1 aromatic carbocycles. The smallest absolute Gasteiger partial charge is 0.305 e. The van der Waals surface area contributed by atoms with Crippen molar-refractivity contribution in [3.8, 4) is 0 Å². The fourth-order valence-corrected chi connectivity index (χ4v) is 1.36. The first-order valence-electron chi connectivity index (χ1n) is 4.64. The highest BCUT2D eigenvalue weighted by molar-refractivity contribution is 5.78. The molecule has 3 N–H and O–H groups in total. The number of nitrogens with zero attached hydrogens (tertiary/aromatic N) is 1. The molecule has 0 saturated heterocycles. The first-order chi connectivity index (χ1) is 7.25. The fourth-order valence-electron chi connectivity index (χ4n) is 1.36. The second-order valence-corrected chi connectivity index (χ2v) is 3.20. The van der Waals surface area contributed by atoms with Gasteiger partial charge in [0.15, 0.2) is 0 Å². The van der Waals surface area contributed by atoms with E-state index in [2.05, 4.69) is 15.3 Å². The minimum Gasteiger partial charge on any atom is -0.481 e. The van der Waals surface area contributed by atoms with Gasteiger partial charge in [-0.15, -0.1) is 0 Å². The van der Waals surface area contributed by atoms with Gasteiger partial charge in [-0.2, -0.15) is 0 Å². The van der Waals surface area contributed by atoms with Gasteiger partial charge in [-0.3, -0.25) is 4.79 Å². The molecular formula is C10H11N3O2. The summed E-state index contributed by atoms with van der Waals surface area (Å²) >= 11 is 0. The van der Waals surface area contributed by atoms with E-state index in [1.54, 1.807) is 6.33 Å². The third-order valence-corrected chi connectivity index (χ3v) is 2.09. The Hall–Kier alpha value is -2.04. The SMILES string of the molecule is O=C(O)CCNc1ccc2nc[nH]c2c1. The maximum absolute atomic E-state index is 10.3. The molecule has 15 heavy (non-hydrogen) atoms. The number of rotatable bonds is 4. The molecule has 0 atom stereocenters. The van der Waals surface area contributed by atoms with Crippen LogP contribution in [0.2, 0.25) is 0 Å².